The van der Waals surface area contributed by atoms with Crippen molar-refractivity contribution in [1.29, 1.82) is 0 Å². The van der Waals surface area contributed by atoms with Gasteiger partial charge in [0.05, 0.1) is 7.11 Å². The maximum Gasteiger partial charge on any atom is 0.147 e. The van der Waals surface area contributed by atoms with E-state index in [0.717, 1.165) is 23.4 Å². The molecule has 0 N–H and O–H groups in total. The first-order valence-electron chi connectivity index (χ1n) is 5.05. The van der Waals surface area contributed by atoms with Crippen molar-refractivity contribution in [3.8, 4) is 5.75 Å². The highest BCUT2D eigenvalue weighted by molar-refractivity contribution is 5.96. The first-order chi connectivity index (χ1) is 7.11. The van der Waals surface area contributed by atoms with Crippen molar-refractivity contribution < 1.29 is 9.13 Å². The molecule has 1 aliphatic rings. The molecule has 0 radical (unpaired) electrons. The van der Waals surface area contributed by atoms with Crippen LogP contribution in [0.25, 0.3) is 0 Å². The second-order valence-corrected chi connectivity index (χ2v) is 4.05. The minimum atomic E-state index is -0.259. The van der Waals surface area contributed by atoms with Gasteiger partial charge < -0.3 is 4.74 Å². The third-order valence-electron chi connectivity index (χ3n) is 2.63. The van der Waals surface area contributed by atoms with Crippen LogP contribution in [0.2, 0.25) is 0 Å². The van der Waals surface area contributed by atoms with Gasteiger partial charge in [0.1, 0.15) is 17.3 Å². The van der Waals surface area contributed by atoms with Crippen LogP contribution in [0.15, 0.2) is 17.1 Å². The lowest BCUT2D eigenvalue weighted by atomic mass is 10.0. The fraction of sp³-hybridized carbons (Fsp3) is 0.417. The van der Waals surface area contributed by atoms with Crippen LogP contribution in [0.4, 0.5) is 10.1 Å². The highest BCUT2D eigenvalue weighted by atomic mass is 19.1. The number of halogens is 1. The van der Waals surface area contributed by atoms with Crippen molar-refractivity contribution in [1.82, 2.24) is 0 Å². The predicted octanol–water partition coefficient (Wildman–Crippen LogP) is 3.12. The van der Waals surface area contributed by atoms with Crippen molar-refractivity contribution >= 4 is 11.4 Å². The lowest BCUT2D eigenvalue weighted by molar-refractivity contribution is 0.412. The minimum Gasteiger partial charge on any atom is -0.494 e. The molecule has 3 heteroatoms. The molecule has 0 aliphatic carbocycles. The first kappa shape index (κ1) is 10.1. The monoisotopic (exact) mass is 207 g/mol. The second-order valence-electron chi connectivity index (χ2n) is 4.05. The van der Waals surface area contributed by atoms with Gasteiger partial charge in [-0.05, 0) is 17.5 Å². The van der Waals surface area contributed by atoms with Crippen LogP contribution >= 0.6 is 0 Å². The predicted molar refractivity (Wildman–Crippen MR) is 58.6 cm³/mol. The molecule has 0 aromatic heterocycles. The van der Waals surface area contributed by atoms with E-state index in [1.807, 2.05) is 0 Å². The molecule has 0 saturated heterocycles. The fourth-order valence-corrected chi connectivity index (χ4v) is 1.76. The third-order valence-corrected chi connectivity index (χ3v) is 2.63. The summed E-state index contributed by atoms with van der Waals surface area (Å²) in [6.45, 7) is 4.18. The summed E-state index contributed by atoms with van der Waals surface area (Å²) >= 11 is 0. The standard InChI is InChI=1S/C12H14FNO/c1-7(2)10-5-8-4-9(13)6-11(15-3)12(8)14-10/h4,6-7H,5H2,1-3H3. The van der Waals surface area contributed by atoms with Crippen LogP contribution in [0.3, 0.4) is 0 Å². The smallest absolute Gasteiger partial charge is 0.147 e. The van der Waals surface area contributed by atoms with Crippen molar-refractivity contribution in [2.24, 2.45) is 10.9 Å². The Hall–Kier alpha value is -1.38. The zero-order chi connectivity index (χ0) is 11.0. The molecule has 1 aliphatic heterocycles. The van der Waals surface area contributed by atoms with E-state index >= 15 is 0 Å². The SMILES string of the molecule is COc1cc(F)cc2c1N=C(C(C)C)C2. The second kappa shape index (κ2) is 3.65. The van der Waals surface area contributed by atoms with E-state index in [-0.39, 0.29) is 5.82 Å². The van der Waals surface area contributed by atoms with Crippen LogP contribution in [-0.4, -0.2) is 12.8 Å². The number of benzene rings is 1. The molecule has 80 valence electrons. The van der Waals surface area contributed by atoms with E-state index in [4.69, 9.17) is 4.74 Å². The highest BCUT2D eigenvalue weighted by Gasteiger charge is 2.21. The summed E-state index contributed by atoms with van der Waals surface area (Å²) in [6, 6.07) is 2.92. The number of hydrogen-bond donors (Lipinski definition) is 0. The Morgan fingerprint density at radius 3 is 2.73 bits per heavy atom. The van der Waals surface area contributed by atoms with Gasteiger partial charge in [-0.25, -0.2) is 4.39 Å². The molecule has 0 unspecified atom stereocenters. The summed E-state index contributed by atoms with van der Waals surface area (Å²) in [7, 11) is 1.54. The average molecular weight is 207 g/mol. The molecule has 15 heavy (non-hydrogen) atoms. The van der Waals surface area contributed by atoms with E-state index in [9.17, 15) is 4.39 Å². The number of ether oxygens (including phenoxy) is 1. The van der Waals surface area contributed by atoms with Crippen molar-refractivity contribution in [3.63, 3.8) is 0 Å². The Labute approximate surface area is 88.8 Å². The van der Waals surface area contributed by atoms with Crippen LogP contribution < -0.4 is 4.74 Å². The molecular formula is C12H14FNO. The molecule has 0 saturated carbocycles. The number of hydrogen-bond acceptors (Lipinski definition) is 2. The zero-order valence-electron chi connectivity index (χ0n) is 9.17. The van der Waals surface area contributed by atoms with Gasteiger partial charge in [0, 0.05) is 18.2 Å². The van der Waals surface area contributed by atoms with Gasteiger partial charge in [-0.3, -0.25) is 4.99 Å². The third kappa shape index (κ3) is 1.74. The average Bonchev–Trinajstić information content (AvgIpc) is 2.59. The lowest BCUT2D eigenvalue weighted by Gasteiger charge is -2.04. The zero-order valence-corrected chi connectivity index (χ0v) is 9.17. The Balaban J connectivity index is 2.47. The van der Waals surface area contributed by atoms with Gasteiger partial charge in [0.25, 0.3) is 0 Å². The Morgan fingerprint density at radius 2 is 2.13 bits per heavy atom. The quantitative estimate of drug-likeness (QED) is 0.730. The van der Waals surface area contributed by atoms with E-state index in [1.54, 1.807) is 0 Å². The van der Waals surface area contributed by atoms with Gasteiger partial charge in [0.2, 0.25) is 0 Å². The fourth-order valence-electron chi connectivity index (χ4n) is 1.76. The maximum atomic E-state index is 13.2. The number of aliphatic imine (C=N–C) groups is 1. The Bertz CT molecular complexity index is 424. The van der Waals surface area contributed by atoms with Crippen LogP contribution in [0.5, 0.6) is 5.75 Å². The molecule has 0 atom stereocenters. The van der Waals surface area contributed by atoms with Crippen molar-refractivity contribution in [2.45, 2.75) is 20.3 Å². The molecule has 1 aromatic carbocycles. The van der Waals surface area contributed by atoms with Crippen LogP contribution in [0.1, 0.15) is 19.4 Å². The number of rotatable bonds is 2. The number of methoxy groups -OCH3 is 1. The summed E-state index contributed by atoms with van der Waals surface area (Å²) in [5, 5.41) is 0. The topological polar surface area (TPSA) is 21.6 Å². The largest absolute Gasteiger partial charge is 0.494 e. The Morgan fingerprint density at radius 1 is 1.40 bits per heavy atom. The molecule has 1 aromatic rings. The molecule has 2 rings (SSSR count). The van der Waals surface area contributed by atoms with Gasteiger partial charge >= 0.3 is 0 Å². The molecule has 0 amide bonds. The number of nitrogens with zero attached hydrogens (tertiary/aromatic N) is 1. The molecule has 2 nitrogen and oxygen atoms in total. The molecular weight excluding hydrogens is 193 g/mol. The summed E-state index contributed by atoms with van der Waals surface area (Å²) in [6.07, 6.45) is 0.737. The molecule has 1 heterocycles. The summed E-state index contributed by atoms with van der Waals surface area (Å²) in [5.41, 5.74) is 2.81. The highest BCUT2D eigenvalue weighted by Crippen LogP contribution is 2.38. The molecule has 0 fully saturated rings. The number of fused-ring (bicyclic) bond motifs is 1. The van der Waals surface area contributed by atoms with Gasteiger partial charge in [-0.1, -0.05) is 13.8 Å². The Kier molecular flexibility index (Phi) is 2.47. The summed E-state index contributed by atoms with van der Waals surface area (Å²) in [5.74, 6) is 0.664. The van der Waals surface area contributed by atoms with Crippen molar-refractivity contribution in [2.75, 3.05) is 7.11 Å². The van der Waals surface area contributed by atoms with E-state index in [2.05, 4.69) is 18.8 Å². The summed E-state index contributed by atoms with van der Waals surface area (Å²) in [4.78, 5) is 4.49. The first-order valence-corrected chi connectivity index (χ1v) is 5.05. The minimum absolute atomic E-state index is 0.259. The van der Waals surface area contributed by atoms with E-state index < -0.39 is 0 Å². The summed E-state index contributed by atoms with van der Waals surface area (Å²) < 4.78 is 18.3. The normalized spacial score (nSPS) is 14.1. The van der Waals surface area contributed by atoms with Gasteiger partial charge in [-0.15, -0.1) is 0 Å². The molecule has 0 spiro atoms. The van der Waals surface area contributed by atoms with Crippen molar-refractivity contribution in [3.05, 3.63) is 23.5 Å². The molecule has 0 bridgehead atoms. The van der Waals surface area contributed by atoms with Crippen LogP contribution in [-0.2, 0) is 6.42 Å². The van der Waals surface area contributed by atoms with Gasteiger partial charge in [-0.2, -0.15) is 0 Å². The van der Waals surface area contributed by atoms with Gasteiger partial charge in [0.15, 0.2) is 0 Å². The van der Waals surface area contributed by atoms with E-state index in [1.165, 1.54) is 19.2 Å². The van der Waals surface area contributed by atoms with Crippen LogP contribution in [0, 0.1) is 11.7 Å². The maximum absolute atomic E-state index is 13.2. The lowest BCUT2D eigenvalue weighted by Crippen LogP contribution is -2.06. The van der Waals surface area contributed by atoms with E-state index in [0.29, 0.717) is 11.7 Å².